The molecule has 148 valence electrons. The van der Waals surface area contributed by atoms with Crippen molar-refractivity contribution in [2.45, 2.75) is 53.2 Å². The molecule has 1 amide bonds. The first-order valence-corrected chi connectivity index (χ1v) is 8.93. The Hall–Kier alpha value is -1.51. The molecule has 0 atom stereocenters. The highest BCUT2D eigenvalue weighted by Crippen LogP contribution is 2.21. The number of halogens is 1. The fourth-order valence-electron chi connectivity index (χ4n) is 2.22. The molecule has 0 saturated heterocycles. The smallest absolute Gasteiger partial charge is 0.221 e. The summed E-state index contributed by atoms with van der Waals surface area (Å²) in [6, 6.07) is 6.18. The first-order chi connectivity index (χ1) is 12.0. The number of hydrogen-bond donors (Lipinski definition) is 3. The van der Waals surface area contributed by atoms with Gasteiger partial charge in [-0.05, 0) is 38.8 Å². The van der Waals surface area contributed by atoms with E-state index in [0.29, 0.717) is 25.5 Å². The maximum absolute atomic E-state index is 11.6. The summed E-state index contributed by atoms with van der Waals surface area (Å²) in [6.07, 6.45) is 1.49. The molecule has 6 nitrogen and oxygen atoms in total. The number of aliphatic imine (C=N–C) groups is 1. The second kappa shape index (κ2) is 13.7. The molecule has 26 heavy (non-hydrogen) atoms. The van der Waals surface area contributed by atoms with Gasteiger partial charge in [0.15, 0.2) is 5.96 Å². The molecule has 0 saturated carbocycles. The Morgan fingerprint density at radius 1 is 1.19 bits per heavy atom. The van der Waals surface area contributed by atoms with Crippen LogP contribution in [0.4, 0.5) is 0 Å². The third-order valence-corrected chi connectivity index (χ3v) is 3.47. The maximum atomic E-state index is 11.6. The molecule has 0 aromatic heterocycles. The Labute approximate surface area is 174 Å². The lowest BCUT2D eigenvalue weighted by Crippen LogP contribution is -2.39. The quantitative estimate of drug-likeness (QED) is 0.291. The van der Waals surface area contributed by atoms with Crippen LogP contribution in [0.25, 0.3) is 0 Å². The van der Waals surface area contributed by atoms with Crippen molar-refractivity contribution in [1.29, 1.82) is 0 Å². The van der Waals surface area contributed by atoms with Crippen molar-refractivity contribution in [2.24, 2.45) is 4.99 Å². The van der Waals surface area contributed by atoms with Crippen LogP contribution in [0.15, 0.2) is 23.2 Å². The van der Waals surface area contributed by atoms with E-state index < -0.39 is 0 Å². The van der Waals surface area contributed by atoms with Crippen LogP contribution < -0.4 is 20.7 Å². The van der Waals surface area contributed by atoms with E-state index in [1.54, 1.807) is 7.05 Å². The first kappa shape index (κ1) is 24.5. The predicted octanol–water partition coefficient (Wildman–Crippen LogP) is 2.98. The molecule has 0 aliphatic carbocycles. The molecule has 0 unspecified atom stereocenters. The highest BCUT2D eigenvalue weighted by molar-refractivity contribution is 14.0. The highest BCUT2D eigenvalue weighted by Gasteiger charge is 2.08. The second-order valence-corrected chi connectivity index (χ2v) is 6.23. The lowest BCUT2D eigenvalue weighted by molar-refractivity contribution is -0.120. The molecule has 1 aromatic rings. The third kappa shape index (κ3) is 9.84. The summed E-state index contributed by atoms with van der Waals surface area (Å²) in [5, 5.41) is 9.28. The zero-order chi connectivity index (χ0) is 18.7. The minimum atomic E-state index is 0. The van der Waals surface area contributed by atoms with Gasteiger partial charge >= 0.3 is 0 Å². The molecule has 7 heteroatoms. The van der Waals surface area contributed by atoms with Crippen LogP contribution in [-0.2, 0) is 11.3 Å². The standard InChI is InChI=1S/C19H32N4O2.HI/c1-6-10-21-18(24)9-11-22-19(20-5)23-13-16-8-7-15(4)12-17(16)25-14(2)3;/h7-8,12,14H,6,9-11,13H2,1-5H3,(H,21,24)(H2,20,22,23);1H. The van der Waals surface area contributed by atoms with E-state index in [9.17, 15) is 4.79 Å². The zero-order valence-corrected chi connectivity index (χ0v) is 18.8. The summed E-state index contributed by atoms with van der Waals surface area (Å²) in [5.41, 5.74) is 2.24. The van der Waals surface area contributed by atoms with Crippen molar-refractivity contribution < 1.29 is 9.53 Å². The summed E-state index contributed by atoms with van der Waals surface area (Å²) >= 11 is 0. The fourth-order valence-corrected chi connectivity index (χ4v) is 2.22. The van der Waals surface area contributed by atoms with Crippen molar-refractivity contribution in [2.75, 3.05) is 20.1 Å². The Kier molecular flexibility index (Phi) is 12.9. The Morgan fingerprint density at radius 3 is 2.54 bits per heavy atom. The fraction of sp³-hybridized carbons (Fsp3) is 0.579. The van der Waals surface area contributed by atoms with Gasteiger partial charge in [0.25, 0.3) is 0 Å². The Morgan fingerprint density at radius 2 is 1.92 bits per heavy atom. The molecule has 0 heterocycles. The molecule has 0 aliphatic rings. The first-order valence-electron chi connectivity index (χ1n) is 8.93. The molecule has 1 rings (SSSR count). The normalized spacial score (nSPS) is 10.9. The van der Waals surface area contributed by atoms with Crippen LogP contribution in [0.1, 0.15) is 44.7 Å². The van der Waals surface area contributed by atoms with Crippen molar-refractivity contribution in [3.05, 3.63) is 29.3 Å². The SMILES string of the molecule is CCCNC(=O)CCNC(=NC)NCc1ccc(C)cc1OC(C)C.I. The van der Waals surface area contributed by atoms with Gasteiger partial charge in [-0.25, -0.2) is 0 Å². The largest absolute Gasteiger partial charge is 0.491 e. The van der Waals surface area contributed by atoms with Gasteiger partial charge in [-0.3, -0.25) is 9.79 Å². The van der Waals surface area contributed by atoms with E-state index in [4.69, 9.17) is 4.74 Å². The molecular weight excluding hydrogens is 443 g/mol. The van der Waals surface area contributed by atoms with Crippen LogP contribution in [0.2, 0.25) is 0 Å². The van der Waals surface area contributed by atoms with E-state index in [1.807, 2.05) is 26.8 Å². The number of nitrogens with one attached hydrogen (secondary N) is 3. The van der Waals surface area contributed by atoms with Crippen LogP contribution in [0, 0.1) is 6.92 Å². The summed E-state index contributed by atoms with van der Waals surface area (Å²) < 4.78 is 5.89. The van der Waals surface area contributed by atoms with Gasteiger partial charge in [-0.2, -0.15) is 0 Å². The zero-order valence-electron chi connectivity index (χ0n) is 16.5. The number of carbonyl (C=O) groups is 1. The highest BCUT2D eigenvalue weighted by atomic mass is 127. The molecule has 0 spiro atoms. The van der Waals surface area contributed by atoms with E-state index in [0.717, 1.165) is 24.3 Å². The molecule has 3 N–H and O–H groups in total. The van der Waals surface area contributed by atoms with Gasteiger partial charge in [0.1, 0.15) is 5.75 Å². The number of aryl methyl sites for hydroxylation is 1. The van der Waals surface area contributed by atoms with Crippen molar-refractivity contribution in [1.82, 2.24) is 16.0 Å². The van der Waals surface area contributed by atoms with Gasteiger partial charge < -0.3 is 20.7 Å². The molecule has 0 aliphatic heterocycles. The van der Waals surface area contributed by atoms with Crippen LogP contribution in [0.3, 0.4) is 0 Å². The monoisotopic (exact) mass is 476 g/mol. The summed E-state index contributed by atoms with van der Waals surface area (Å²) in [6.45, 7) is 9.98. The lowest BCUT2D eigenvalue weighted by Gasteiger charge is -2.17. The van der Waals surface area contributed by atoms with Crippen molar-refractivity contribution in [3.63, 3.8) is 0 Å². The number of benzene rings is 1. The Balaban J connectivity index is 0.00000625. The van der Waals surface area contributed by atoms with Crippen LogP contribution in [-0.4, -0.2) is 38.1 Å². The van der Waals surface area contributed by atoms with Crippen LogP contribution in [0.5, 0.6) is 5.75 Å². The summed E-state index contributed by atoms with van der Waals surface area (Å²) in [4.78, 5) is 15.8. The summed E-state index contributed by atoms with van der Waals surface area (Å²) in [7, 11) is 1.72. The number of carbonyl (C=O) groups excluding carboxylic acids is 1. The van der Waals surface area contributed by atoms with Gasteiger partial charge in [0.05, 0.1) is 6.10 Å². The topological polar surface area (TPSA) is 74.8 Å². The molecule has 0 radical (unpaired) electrons. The van der Waals surface area contributed by atoms with Crippen LogP contribution >= 0.6 is 24.0 Å². The lowest BCUT2D eigenvalue weighted by atomic mass is 10.1. The van der Waals surface area contributed by atoms with E-state index in [1.165, 1.54) is 5.56 Å². The second-order valence-electron chi connectivity index (χ2n) is 6.23. The average molecular weight is 476 g/mol. The number of guanidine groups is 1. The van der Waals surface area contributed by atoms with E-state index in [2.05, 4.69) is 40.0 Å². The van der Waals surface area contributed by atoms with Gasteiger partial charge in [-0.15, -0.1) is 24.0 Å². The van der Waals surface area contributed by atoms with Crippen molar-refractivity contribution in [3.8, 4) is 5.75 Å². The summed E-state index contributed by atoms with van der Waals surface area (Å²) in [5.74, 6) is 1.60. The number of amides is 1. The minimum absolute atomic E-state index is 0. The van der Waals surface area contributed by atoms with E-state index in [-0.39, 0.29) is 36.0 Å². The van der Waals surface area contributed by atoms with Gasteiger partial charge in [-0.1, -0.05) is 19.1 Å². The molecular formula is C19H33IN4O2. The van der Waals surface area contributed by atoms with Gasteiger partial charge in [0, 0.05) is 38.7 Å². The number of ether oxygens (including phenoxy) is 1. The molecule has 0 bridgehead atoms. The van der Waals surface area contributed by atoms with Gasteiger partial charge in [0.2, 0.25) is 5.91 Å². The number of rotatable bonds is 9. The maximum Gasteiger partial charge on any atom is 0.221 e. The third-order valence-electron chi connectivity index (χ3n) is 3.47. The van der Waals surface area contributed by atoms with E-state index >= 15 is 0 Å². The van der Waals surface area contributed by atoms with Crippen molar-refractivity contribution >= 4 is 35.8 Å². The average Bonchev–Trinajstić information content (AvgIpc) is 2.56. The molecule has 1 aromatic carbocycles. The number of nitrogens with zero attached hydrogens (tertiary/aromatic N) is 1. The molecule has 0 fully saturated rings. The predicted molar refractivity (Wildman–Crippen MR) is 118 cm³/mol. The Bertz CT molecular complexity index is 577. The number of hydrogen-bond acceptors (Lipinski definition) is 3. The minimum Gasteiger partial charge on any atom is -0.491 e.